The molecule has 0 heterocycles. The van der Waals surface area contributed by atoms with Gasteiger partial charge in [-0.3, -0.25) is 9.52 Å². The van der Waals surface area contributed by atoms with E-state index in [4.69, 9.17) is 0 Å². The second-order valence-electron chi connectivity index (χ2n) is 6.85. The number of carbonyl (C=O) groups is 2. The number of nitrogens with one attached hydrogen (secondary N) is 1. The fourth-order valence-corrected chi connectivity index (χ4v) is 4.15. The van der Waals surface area contributed by atoms with Crippen LogP contribution in [0.2, 0.25) is 0 Å². The minimum absolute atomic E-state index is 0.0632. The van der Waals surface area contributed by atoms with Crippen LogP contribution in [0.3, 0.4) is 0 Å². The number of carboxylic acid groups (broad SMARTS) is 1. The summed E-state index contributed by atoms with van der Waals surface area (Å²) < 4.78 is 27.8. The van der Waals surface area contributed by atoms with E-state index in [-0.39, 0.29) is 16.2 Å². The van der Waals surface area contributed by atoms with Crippen molar-refractivity contribution in [3.8, 4) is 0 Å². The lowest BCUT2D eigenvalue weighted by Gasteiger charge is -2.11. The summed E-state index contributed by atoms with van der Waals surface area (Å²) >= 11 is 0. The van der Waals surface area contributed by atoms with Gasteiger partial charge in [0.1, 0.15) is 0 Å². The van der Waals surface area contributed by atoms with E-state index in [1.165, 1.54) is 31.2 Å². The Hall–Kier alpha value is -3.45. The average molecular weight is 423 g/mol. The molecule has 0 amide bonds. The Morgan fingerprint density at radius 3 is 2.27 bits per heavy atom. The van der Waals surface area contributed by atoms with Gasteiger partial charge in [-0.05, 0) is 61.2 Å². The van der Waals surface area contributed by atoms with E-state index >= 15 is 0 Å². The summed E-state index contributed by atoms with van der Waals surface area (Å²) in [5, 5.41) is 9.29. The molecule has 0 aliphatic carbocycles. The SMILES string of the molecule is CC(=O)c1ccc(S(=O)(=O)Nc2cccc(CCc3ccccc3C(=O)O)c2)cc1. The normalized spacial score (nSPS) is 11.1. The molecule has 7 heteroatoms. The lowest BCUT2D eigenvalue weighted by atomic mass is 10.00. The van der Waals surface area contributed by atoms with Gasteiger partial charge in [-0.25, -0.2) is 13.2 Å². The van der Waals surface area contributed by atoms with Crippen molar-refractivity contribution < 1.29 is 23.1 Å². The highest BCUT2D eigenvalue weighted by Crippen LogP contribution is 2.20. The third-order valence-electron chi connectivity index (χ3n) is 4.68. The number of hydrogen-bond donors (Lipinski definition) is 2. The van der Waals surface area contributed by atoms with E-state index < -0.39 is 16.0 Å². The van der Waals surface area contributed by atoms with E-state index in [0.717, 1.165) is 11.1 Å². The predicted octanol–water partition coefficient (Wildman–Crippen LogP) is 4.17. The molecule has 0 fully saturated rings. The number of anilines is 1. The Labute approximate surface area is 175 Å². The molecule has 0 bridgehead atoms. The molecule has 6 nitrogen and oxygen atoms in total. The van der Waals surface area contributed by atoms with Crippen molar-refractivity contribution in [1.29, 1.82) is 0 Å². The van der Waals surface area contributed by atoms with Crippen LogP contribution in [0, 0.1) is 0 Å². The number of carboxylic acids is 1. The molecule has 0 aliphatic rings. The minimum Gasteiger partial charge on any atom is -0.478 e. The number of Topliss-reactive ketones (excluding diaryl/α,β-unsaturated/α-hetero) is 1. The molecule has 154 valence electrons. The summed E-state index contributed by atoms with van der Waals surface area (Å²) in [7, 11) is -3.80. The average Bonchev–Trinajstić information content (AvgIpc) is 2.72. The van der Waals surface area contributed by atoms with E-state index in [1.54, 1.807) is 42.5 Å². The van der Waals surface area contributed by atoms with Crippen LogP contribution >= 0.6 is 0 Å². The van der Waals surface area contributed by atoms with Crippen molar-refractivity contribution in [2.45, 2.75) is 24.7 Å². The van der Waals surface area contributed by atoms with Crippen LogP contribution in [-0.2, 0) is 22.9 Å². The molecular formula is C23H21NO5S. The molecule has 0 aliphatic heterocycles. The lowest BCUT2D eigenvalue weighted by Crippen LogP contribution is -2.13. The molecule has 3 rings (SSSR count). The largest absolute Gasteiger partial charge is 0.478 e. The first-order valence-electron chi connectivity index (χ1n) is 9.30. The number of ketones is 1. The molecule has 0 unspecified atom stereocenters. The van der Waals surface area contributed by atoms with Crippen molar-refractivity contribution in [3.63, 3.8) is 0 Å². The zero-order chi connectivity index (χ0) is 21.7. The van der Waals surface area contributed by atoms with Crippen molar-refractivity contribution in [1.82, 2.24) is 0 Å². The minimum atomic E-state index is -3.80. The van der Waals surface area contributed by atoms with Gasteiger partial charge in [-0.15, -0.1) is 0 Å². The molecule has 0 saturated heterocycles. The highest BCUT2D eigenvalue weighted by atomic mass is 32.2. The molecule has 30 heavy (non-hydrogen) atoms. The van der Waals surface area contributed by atoms with Gasteiger partial charge < -0.3 is 5.11 Å². The smallest absolute Gasteiger partial charge is 0.335 e. The van der Waals surface area contributed by atoms with Crippen LogP contribution in [0.1, 0.15) is 38.8 Å². The van der Waals surface area contributed by atoms with Crippen LogP contribution in [0.5, 0.6) is 0 Å². The second kappa shape index (κ2) is 8.92. The zero-order valence-electron chi connectivity index (χ0n) is 16.3. The third-order valence-corrected chi connectivity index (χ3v) is 6.08. The molecule has 0 saturated carbocycles. The molecule has 0 aromatic heterocycles. The number of aryl methyl sites for hydroxylation is 2. The third kappa shape index (κ3) is 5.12. The van der Waals surface area contributed by atoms with Crippen molar-refractivity contribution in [2.75, 3.05) is 4.72 Å². The van der Waals surface area contributed by atoms with Crippen LogP contribution in [-0.4, -0.2) is 25.3 Å². The standard InChI is InChI=1S/C23H21NO5S/c1-16(25)18-11-13-21(14-12-18)30(28,29)24-20-7-4-5-17(15-20)9-10-19-6-2-3-8-22(19)23(26)27/h2-8,11-15,24H,9-10H2,1H3,(H,26,27). The number of sulfonamides is 1. The van der Waals surface area contributed by atoms with Gasteiger partial charge in [0.2, 0.25) is 0 Å². The van der Waals surface area contributed by atoms with Crippen LogP contribution < -0.4 is 4.72 Å². The van der Waals surface area contributed by atoms with Crippen molar-refractivity contribution in [2.24, 2.45) is 0 Å². The maximum atomic E-state index is 12.6. The molecule has 0 atom stereocenters. The number of carbonyl (C=O) groups excluding carboxylic acids is 1. The first-order chi connectivity index (χ1) is 14.3. The molecule has 2 N–H and O–H groups in total. The number of hydrogen-bond acceptors (Lipinski definition) is 4. The molecule has 3 aromatic carbocycles. The highest BCUT2D eigenvalue weighted by molar-refractivity contribution is 7.92. The van der Waals surface area contributed by atoms with E-state index in [9.17, 15) is 23.1 Å². The van der Waals surface area contributed by atoms with Gasteiger partial charge in [-0.1, -0.05) is 42.5 Å². The number of benzene rings is 3. The Balaban J connectivity index is 1.74. The molecular weight excluding hydrogens is 402 g/mol. The Kier molecular flexibility index (Phi) is 6.32. The monoisotopic (exact) mass is 423 g/mol. The molecule has 0 spiro atoms. The predicted molar refractivity (Wildman–Crippen MR) is 115 cm³/mol. The molecule has 0 radical (unpaired) electrons. The summed E-state index contributed by atoms with van der Waals surface area (Å²) in [5.41, 5.74) is 2.72. The van der Waals surface area contributed by atoms with Gasteiger partial charge in [0.15, 0.2) is 5.78 Å². The van der Waals surface area contributed by atoms with Crippen LogP contribution in [0.25, 0.3) is 0 Å². The maximum Gasteiger partial charge on any atom is 0.335 e. The first-order valence-corrected chi connectivity index (χ1v) is 10.8. The van der Waals surface area contributed by atoms with Crippen molar-refractivity contribution >= 4 is 27.5 Å². The Morgan fingerprint density at radius 1 is 0.900 bits per heavy atom. The summed E-state index contributed by atoms with van der Waals surface area (Å²) in [6.07, 6.45) is 1.08. The van der Waals surface area contributed by atoms with Crippen molar-refractivity contribution in [3.05, 3.63) is 95.1 Å². The number of aromatic carboxylic acids is 1. The quantitative estimate of drug-likeness (QED) is 0.530. The van der Waals surface area contributed by atoms with E-state index in [0.29, 0.717) is 24.1 Å². The van der Waals surface area contributed by atoms with Crippen LogP contribution in [0.4, 0.5) is 5.69 Å². The summed E-state index contributed by atoms with van der Waals surface area (Å²) in [6.45, 7) is 1.42. The van der Waals surface area contributed by atoms with E-state index in [1.807, 2.05) is 6.07 Å². The first kappa shape index (κ1) is 21.3. The second-order valence-corrected chi connectivity index (χ2v) is 8.53. The highest BCUT2D eigenvalue weighted by Gasteiger charge is 2.15. The fourth-order valence-electron chi connectivity index (χ4n) is 3.10. The zero-order valence-corrected chi connectivity index (χ0v) is 17.1. The maximum absolute atomic E-state index is 12.6. The van der Waals surface area contributed by atoms with E-state index in [2.05, 4.69) is 4.72 Å². The molecule has 3 aromatic rings. The van der Waals surface area contributed by atoms with Gasteiger partial charge in [0.25, 0.3) is 10.0 Å². The topological polar surface area (TPSA) is 101 Å². The fraction of sp³-hybridized carbons (Fsp3) is 0.130. The summed E-state index contributed by atoms with van der Waals surface area (Å²) in [4.78, 5) is 22.8. The Bertz CT molecular complexity index is 1180. The van der Waals surface area contributed by atoms with Gasteiger partial charge >= 0.3 is 5.97 Å². The lowest BCUT2D eigenvalue weighted by molar-refractivity contribution is 0.0695. The summed E-state index contributed by atoms with van der Waals surface area (Å²) in [5.74, 6) is -1.10. The van der Waals surface area contributed by atoms with Gasteiger partial charge in [0.05, 0.1) is 10.5 Å². The van der Waals surface area contributed by atoms with Gasteiger partial charge in [-0.2, -0.15) is 0 Å². The van der Waals surface area contributed by atoms with Crippen LogP contribution in [0.15, 0.2) is 77.7 Å². The Morgan fingerprint density at radius 2 is 1.60 bits per heavy atom. The summed E-state index contributed by atoms with van der Waals surface area (Å²) in [6, 6.07) is 19.6. The van der Waals surface area contributed by atoms with Gasteiger partial charge in [0, 0.05) is 11.3 Å². The number of rotatable bonds is 8.